The molecule has 1 nitrogen and oxygen atoms in total. The number of benzene rings is 2. The van der Waals surface area contributed by atoms with Gasteiger partial charge in [-0.1, -0.05) is 66.3 Å². The molecular formula is C20H21N. The molecule has 106 valence electrons. The Morgan fingerprint density at radius 2 is 1.67 bits per heavy atom. The zero-order chi connectivity index (χ0) is 14.7. The van der Waals surface area contributed by atoms with Crippen LogP contribution in [-0.4, -0.2) is 0 Å². The lowest BCUT2D eigenvalue weighted by Gasteiger charge is -2.21. The van der Waals surface area contributed by atoms with Crippen molar-refractivity contribution in [3.05, 3.63) is 89.5 Å². The Kier molecular flexibility index (Phi) is 3.92. The highest BCUT2D eigenvalue weighted by Crippen LogP contribution is 2.32. The molecule has 0 heterocycles. The highest BCUT2D eigenvalue weighted by molar-refractivity contribution is 5.49. The van der Waals surface area contributed by atoms with Gasteiger partial charge in [-0.25, -0.2) is 0 Å². The molecule has 21 heavy (non-hydrogen) atoms. The summed E-state index contributed by atoms with van der Waals surface area (Å²) >= 11 is 0. The maximum Gasteiger partial charge on any atom is 0.0488 e. The predicted octanol–water partition coefficient (Wildman–Crippen LogP) is 5.46. The molecule has 3 rings (SSSR count). The SMILES string of the molecule is CC1=CC(c2ccccc2C(C)Nc2ccccc2)C=C1. The van der Waals surface area contributed by atoms with Crippen molar-refractivity contribution in [2.45, 2.75) is 25.8 Å². The van der Waals surface area contributed by atoms with Crippen molar-refractivity contribution in [3.8, 4) is 0 Å². The number of rotatable bonds is 4. The summed E-state index contributed by atoms with van der Waals surface area (Å²) in [6.45, 7) is 4.38. The van der Waals surface area contributed by atoms with Gasteiger partial charge in [-0.15, -0.1) is 0 Å². The van der Waals surface area contributed by atoms with Crippen LogP contribution in [0.5, 0.6) is 0 Å². The van der Waals surface area contributed by atoms with E-state index in [-0.39, 0.29) is 6.04 Å². The van der Waals surface area contributed by atoms with E-state index in [1.54, 1.807) is 0 Å². The van der Waals surface area contributed by atoms with Gasteiger partial charge in [0.15, 0.2) is 0 Å². The summed E-state index contributed by atoms with van der Waals surface area (Å²) in [5, 5.41) is 3.59. The van der Waals surface area contributed by atoms with Gasteiger partial charge >= 0.3 is 0 Å². The van der Waals surface area contributed by atoms with E-state index in [1.165, 1.54) is 16.7 Å². The van der Waals surface area contributed by atoms with E-state index in [2.05, 4.69) is 85.9 Å². The van der Waals surface area contributed by atoms with Crippen LogP contribution < -0.4 is 5.32 Å². The molecule has 0 saturated heterocycles. The molecular weight excluding hydrogens is 254 g/mol. The maximum atomic E-state index is 3.59. The van der Waals surface area contributed by atoms with Crippen LogP contribution >= 0.6 is 0 Å². The number of hydrogen-bond acceptors (Lipinski definition) is 1. The summed E-state index contributed by atoms with van der Waals surface area (Å²) in [5.41, 5.74) is 5.26. The van der Waals surface area contributed by atoms with Crippen LogP contribution in [0.3, 0.4) is 0 Å². The first-order chi connectivity index (χ1) is 10.2. The first-order valence-electron chi connectivity index (χ1n) is 7.51. The van der Waals surface area contributed by atoms with E-state index >= 15 is 0 Å². The molecule has 2 aromatic rings. The van der Waals surface area contributed by atoms with E-state index in [4.69, 9.17) is 0 Å². The summed E-state index contributed by atoms with van der Waals surface area (Å²) in [5.74, 6) is 0.404. The topological polar surface area (TPSA) is 12.0 Å². The quantitative estimate of drug-likeness (QED) is 0.781. The number of anilines is 1. The van der Waals surface area contributed by atoms with Gasteiger partial charge < -0.3 is 5.32 Å². The third kappa shape index (κ3) is 3.08. The van der Waals surface area contributed by atoms with Gasteiger partial charge in [0.25, 0.3) is 0 Å². The highest BCUT2D eigenvalue weighted by Gasteiger charge is 2.16. The van der Waals surface area contributed by atoms with Gasteiger partial charge in [-0.3, -0.25) is 0 Å². The lowest BCUT2D eigenvalue weighted by atomic mass is 9.91. The summed E-state index contributed by atoms with van der Waals surface area (Å²) in [4.78, 5) is 0. The molecule has 1 N–H and O–H groups in total. The molecule has 2 atom stereocenters. The van der Waals surface area contributed by atoms with E-state index in [9.17, 15) is 0 Å². The van der Waals surface area contributed by atoms with Crippen LogP contribution in [0, 0.1) is 0 Å². The largest absolute Gasteiger partial charge is 0.379 e. The van der Waals surface area contributed by atoms with Crippen molar-refractivity contribution in [2.75, 3.05) is 5.32 Å². The van der Waals surface area contributed by atoms with Gasteiger partial charge in [-0.2, -0.15) is 0 Å². The van der Waals surface area contributed by atoms with Crippen molar-refractivity contribution in [1.82, 2.24) is 0 Å². The lowest BCUT2D eigenvalue weighted by molar-refractivity contribution is 0.856. The average Bonchev–Trinajstić information content (AvgIpc) is 2.95. The molecule has 0 aliphatic heterocycles. The number of para-hydroxylation sites is 1. The van der Waals surface area contributed by atoms with E-state index in [0.717, 1.165) is 5.69 Å². The van der Waals surface area contributed by atoms with Gasteiger partial charge in [0.05, 0.1) is 0 Å². The van der Waals surface area contributed by atoms with Crippen molar-refractivity contribution >= 4 is 5.69 Å². The second-order valence-corrected chi connectivity index (χ2v) is 5.66. The Hall–Kier alpha value is -2.28. The number of hydrogen-bond donors (Lipinski definition) is 1. The Balaban J connectivity index is 1.87. The molecule has 2 aromatic carbocycles. The monoisotopic (exact) mass is 275 g/mol. The molecule has 2 unspecified atom stereocenters. The Morgan fingerprint density at radius 3 is 2.38 bits per heavy atom. The minimum absolute atomic E-state index is 0.284. The van der Waals surface area contributed by atoms with Crippen molar-refractivity contribution in [3.63, 3.8) is 0 Å². The Morgan fingerprint density at radius 1 is 0.952 bits per heavy atom. The van der Waals surface area contributed by atoms with E-state index < -0.39 is 0 Å². The van der Waals surface area contributed by atoms with Crippen LogP contribution in [-0.2, 0) is 0 Å². The molecule has 0 aromatic heterocycles. The van der Waals surface area contributed by atoms with Crippen LogP contribution in [0.4, 0.5) is 5.69 Å². The molecule has 0 radical (unpaired) electrons. The lowest BCUT2D eigenvalue weighted by Crippen LogP contribution is -2.10. The third-order valence-electron chi connectivity index (χ3n) is 3.99. The molecule has 1 heteroatoms. The average molecular weight is 275 g/mol. The number of allylic oxidation sites excluding steroid dienone is 4. The molecule has 1 aliphatic carbocycles. The van der Waals surface area contributed by atoms with Gasteiger partial charge in [0, 0.05) is 17.6 Å². The predicted molar refractivity (Wildman–Crippen MR) is 90.6 cm³/mol. The second-order valence-electron chi connectivity index (χ2n) is 5.66. The zero-order valence-electron chi connectivity index (χ0n) is 12.6. The van der Waals surface area contributed by atoms with E-state index in [1.807, 2.05) is 6.07 Å². The zero-order valence-corrected chi connectivity index (χ0v) is 12.6. The fraction of sp³-hybridized carbons (Fsp3) is 0.200. The summed E-state index contributed by atoms with van der Waals surface area (Å²) < 4.78 is 0. The molecule has 0 spiro atoms. The van der Waals surface area contributed by atoms with Crippen molar-refractivity contribution in [1.29, 1.82) is 0 Å². The van der Waals surface area contributed by atoms with Crippen molar-refractivity contribution < 1.29 is 0 Å². The first kappa shape index (κ1) is 13.7. The molecule has 0 fully saturated rings. The Bertz CT molecular complexity index is 667. The van der Waals surface area contributed by atoms with Gasteiger partial charge in [0.2, 0.25) is 0 Å². The molecule has 0 bridgehead atoms. The van der Waals surface area contributed by atoms with Crippen LogP contribution in [0.25, 0.3) is 0 Å². The van der Waals surface area contributed by atoms with Crippen LogP contribution in [0.15, 0.2) is 78.4 Å². The van der Waals surface area contributed by atoms with E-state index in [0.29, 0.717) is 5.92 Å². The molecule has 0 saturated carbocycles. The summed E-state index contributed by atoms with van der Waals surface area (Å²) in [6, 6.07) is 19.4. The normalized spacial score (nSPS) is 18.4. The van der Waals surface area contributed by atoms with Gasteiger partial charge in [-0.05, 0) is 37.1 Å². The fourth-order valence-corrected chi connectivity index (χ4v) is 2.91. The standard InChI is InChI=1S/C20H21N/c1-15-12-13-17(14-15)20-11-7-6-10-19(20)16(2)21-18-8-4-3-5-9-18/h3-14,16-17,21H,1-2H3. The minimum atomic E-state index is 0.284. The third-order valence-corrected chi connectivity index (χ3v) is 3.99. The number of nitrogens with one attached hydrogen (secondary N) is 1. The smallest absolute Gasteiger partial charge is 0.0488 e. The molecule has 0 amide bonds. The fourth-order valence-electron chi connectivity index (χ4n) is 2.91. The highest BCUT2D eigenvalue weighted by atomic mass is 14.9. The van der Waals surface area contributed by atoms with Gasteiger partial charge in [0.1, 0.15) is 0 Å². The van der Waals surface area contributed by atoms with Crippen LogP contribution in [0.2, 0.25) is 0 Å². The minimum Gasteiger partial charge on any atom is -0.379 e. The Labute approximate surface area is 127 Å². The summed E-state index contributed by atoms with van der Waals surface area (Å²) in [7, 11) is 0. The second kappa shape index (κ2) is 6.01. The summed E-state index contributed by atoms with van der Waals surface area (Å²) in [6.07, 6.45) is 6.81. The first-order valence-corrected chi connectivity index (χ1v) is 7.51. The molecule has 1 aliphatic rings. The van der Waals surface area contributed by atoms with Crippen LogP contribution in [0.1, 0.15) is 36.9 Å². The maximum absolute atomic E-state index is 3.59. The van der Waals surface area contributed by atoms with Crippen molar-refractivity contribution in [2.24, 2.45) is 0 Å².